The Labute approximate surface area is 364 Å². The number of hydrogen-bond acceptors (Lipinski definition) is 20. The number of carbonyl (C=O) groups is 8. The Morgan fingerprint density at radius 1 is 0.344 bits per heavy atom. The topological polar surface area (TPSA) is 247 Å². The fourth-order valence-electron chi connectivity index (χ4n) is 5.62. The van der Waals surface area contributed by atoms with Crippen molar-refractivity contribution in [3.63, 3.8) is 0 Å². The minimum atomic E-state index is -1.49. The largest absolute Gasteiger partial charge is 0.549 e. The van der Waals surface area contributed by atoms with E-state index in [0.717, 1.165) is 0 Å². The predicted octanol–water partition coefficient (Wildman–Crippen LogP) is 7.93. The van der Waals surface area contributed by atoms with E-state index in [0.29, 0.717) is 22.3 Å². The molecule has 0 aliphatic rings. The first-order valence-corrected chi connectivity index (χ1v) is 19.2. The number of ether oxygens (including phenoxy) is 4. The van der Waals surface area contributed by atoms with Crippen molar-refractivity contribution in [3.8, 4) is 0 Å². The summed E-state index contributed by atoms with van der Waals surface area (Å²) < 4.78 is 20.4. The van der Waals surface area contributed by atoms with Gasteiger partial charge >= 0.3 is 48.5 Å². The smallest absolute Gasteiger partial charge is 0.432 e. The van der Waals surface area contributed by atoms with E-state index >= 15 is 0 Å². The lowest BCUT2D eigenvalue weighted by Gasteiger charge is -2.25. The van der Waals surface area contributed by atoms with E-state index in [1.807, 2.05) is 0 Å². The fourth-order valence-corrected chi connectivity index (χ4v) is 5.62. The molecule has 64 heavy (non-hydrogen) atoms. The summed E-state index contributed by atoms with van der Waals surface area (Å²) in [6, 6.07) is 25.3. The van der Waals surface area contributed by atoms with Crippen molar-refractivity contribution in [1.82, 2.24) is 0 Å². The highest BCUT2D eigenvalue weighted by Gasteiger charge is 2.29. The summed E-state index contributed by atoms with van der Waals surface area (Å²) in [7, 11) is 0. The van der Waals surface area contributed by atoms with Gasteiger partial charge in [0.05, 0.1) is 48.7 Å². The molecule has 20 nitrogen and oxygen atoms in total. The van der Waals surface area contributed by atoms with Crippen LogP contribution in [0.4, 0.5) is 19.2 Å². The third kappa shape index (κ3) is 15.7. The van der Waals surface area contributed by atoms with Gasteiger partial charge in [-0.1, -0.05) is 72.8 Å². The minimum Gasteiger partial charge on any atom is -0.432 e. The molecule has 4 aromatic rings. The molecule has 0 spiro atoms. The molecule has 338 valence electrons. The van der Waals surface area contributed by atoms with E-state index in [2.05, 4.69) is 39.1 Å². The monoisotopic (exact) mass is 890 g/mol. The SMILES string of the molecule is Cc1ccccc1C(=O)OOC(=O)OCCC(COC(=O)OOC(=O)c1ccccc1C)C(CCOC(=O)OOC(=O)c1ccccc1C)COC(=O)OOC(=O)c1ccccc1C. The van der Waals surface area contributed by atoms with Crippen molar-refractivity contribution in [2.24, 2.45) is 11.8 Å². The predicted molar refractivity (Wildman–Crippen MR) is 212 cm³/mol. The van der Waals surface area contributed by atoms with Gasteiger partial charge in [-0.05, 0) is 87.1 Å². The lowest BCUT2D eigenvalue weighted by molar-refractivity contribution is -0.208. The number of carbonyl (C=O) groups excluding carboxylic acids is 8. The Morgan fingerprint density at radius 3 is 0.828 bits per heavy atom. The van der Waals surface area contributed by atoms with Gasteiger partial charge in [0.25, 0.3) is 0 Å². The van der Waals surface area contributed by atoms with Crippen molar-refractivity contribution in [2.45, 2.75) is 40.5 Å². The Hall–Kier alpha value is -8.16. The molecule has 0 aliphatic heterocycles. The molecule has 0 aromatic heterocycles. The third-order valence-electron chi connectivity index (χ3n) is 9.12. The second-order valence-corrected chi connectivity index (χ2v) is 13.5. The van der Waals surface area contributed by atoms with Crippen LogP contribution in [0.1, 0.15) is 76.5 Å². The summed E-state index contributed by atoms with van der Waals surface area (Å²) in [5.41, 5.74) is 2.55. The molecule has 0 aliphatic carbocycles. The van der Waals surface area contributed by atoms with Gasteiger partial charge in [0, 0.05) is 11.8 Å². The van der Waals surface area contributed by atoms with Crippen molar-refractivity contribution < 1.29 is 96.4 Å². The van der Waals surface area contributed by atoms with Gasteiger partial charge in [-0.3, -0.25) is 0 Å². The molecule has 0 radical (unpaired) electrons. The van der Waals surface area contributed by atoms with Crippen molar-refractivity contribution >= 4 is 48.5 Å². The minimum absolute atomic E-state index is 0.0962. The van der Waals surface area contributed by atoms with Gasteiger partial charge in [-0.25, -0.2) is 58.3 Å². The molecule has 0 saturated carbocycles. The molecule has 20 heteroatoms. The molecule has 2 atom stereocenters. The van der Waals surface area contributed by atoms with Gasteiger partial charge in [-0.2, -0.15) is 19.2 Å². The number of aryl methyl sites for hydroxylation is 4. The van der Waals surface area contributed by atoms with Gasteiger partial charge in [-0.15, -0.1) is 0 Å². The third-order valence-corrected chi connectivity index (χ3v) is 9.12. The van der Waals surface area contributed by atoms with Crippen LogP contribution in [-0.2, 0) is 58.0 Å². The lowest BCUT2D eigenvalue weighted by Crippen LogP contribution is -2.30. The normalized spacial score (nSPS) is 11.2. The zero-order chi connectivity index (χ0) is 46.4. The zero-order valence-electron chi connectivity index (χ0n) is 34.8. The van der Waals surface area contributed by atoms with Gasteiger partial charge in [0.1, 0.15) is 0 Å². The first kappa shape index (κ1) is 48.5. The van der Waals surface area contributed by atoms with Crippen LogP contribution in [0.2, 0.25) is 0 Å². The van der Waals surface area contributed by atoms with E-state index in [1.54, 1.807) is 100 Å². The summed E-state index contributed by atoms with van der Waals surface area (Å²) in [5.74, 6) is -6.02. The van der Waals surface area contributed by atoms with Gasteiger partial charge in [0.15, 0.2) is 0 Å². The standard InChI is InChI=1S/C44H42O20/c1-27-13-5-9-17-33(27)37(45)57-61-41(49)53-23-21-31(25-55-43(51)63-59-39(47)35-19-11-7-15-29(35)3)32(26-56-44(52)64-60-40(48)36-20-12-8-16-30(36)4)22-24-54-42(50)62-58-38(46)34-18-10-6-14-28(34)2/h5-20,31-32H,21-26H2,1-4H3. The van der Waals surface area contributed by atoms with Crippen molar-refractivity contribution in [1.29, 1.82) is 0 Å². The summed E-state index contributed by atoms with van der Waals surface area (Å²) >= 11 is 0. The maximum absolute atomic E-state index is 12.6. The molecule has 0 amide bonds. The average Bonchev–Trinajstić information content (AvgIpc) is 3.28. The van der Waals surface area contributed by atoms with Crippen LogP contribution >= 0.6 is 0 Å². The number of benzene rings is 4. The van der Waals surface area contributed by atoms with Crippen LogP contribution in [0.5, 0.6) is 0 Å². The van der Waals surface area contributed by atoms with E-state index < -0.39 is 86.8 Å². The molecular weight excluding hydrogens is 848 g/mol. The highest BCUT2D eigenvalue weighted by molar-refractivity contribution is 5.92. The van der Waals surface area contributed by atoms with Crippen LogP contribution < -0.4 is 0 Å². The van der Waals surface area contributed by atoms with E-state index in [9.17, 15) is 38.4 Å². The van der Waals surface area contributed by atoms with Crippen LogP contribution in [-0.4, -0.2) is 74.9 Å². The maximum atomic E-state index is 12.6. The van der Waals surface area contributed by atoms with Crippen LogP contribution in [0.25, 0.3) is 0 Å². The Morgan fingerprint density at radius 2 is 0.578 bits per heavy atom. The molecule has 2 unspecified atom stereocenters. The first-order valence-electron chi connectivity index (χ1n) is 19.2. The Kier molecular flexibility index (Phi) is 18.9. The molecule has 0 saturated heterocycles. The molecule has 0 heterocycles. The average molecular weight is 891 g/mol. The molecule has 4 rings (SSSR count). The summed E-state index contributed by atoms with van der Waals surface area (Å²) in [6.07, 6.45) is -6.34. The van der Waals surface area contributed by atoms with Crippen molar-refractivity contribution in [2.75, 3.05) is 26.4 Å². The van der Waals surface area contributed by atoms with Gasteiger partial charge < -0.3 is 18.9 Å². The zero-order valence-corrected chi connectivity index (χ0v) is 34.8. The number of hydrogen-bond donors (Lipinski definition) is 0. The molecule has 0 N–H and O–H groups in total. The maximum Gasteiger partial charge on any atom is 0.549 e. The highest BCUT2D eigenvalue weighted by atomic mass is 17.3. The van der Waals surface area contributed by atoms with E-state index in [1.165, 1.54) is 24.3 Å². The quantitative estimate of drug-likeness (QED) is 0.0475. The van der Waals surface area contributed by atoms with Crippen LogP contribution in [0.3, 0.4) is 0 Å². The molecule has 4 aromatic carbocycles. The number of rotatable bonds is 15. The van der Waals surface area contributed by atoms with Gasteiger partial charge in [0.2, 0.25) is 0 Å². The second kappa shape index (κ2) is 24.9. The highest BCUT2D eigenvalue weighted by Crippen LogP contribution is 2.23. The molecular formula is C44H42O20. The summed E-state index contributed by atoms with van der Waals surface area (Å²) in [4.78, 5) is 136. The van der Waals surface area contributed by atoms with Crippen molar-refractivity contribution in [3.05, 3.63) is 142 Å². The fraction of sp³-hybridized carbons (Fsp3) is 0.273. The molecule has 0 bridgehead atoms. The van der Waals surface area contributed by atoms with E-state index in [4.69, 9.17) is 18.9 Å². The van der Waals surface area contributed by atoms with Crippen LogP contribution in [0, 0.1) is 39.5 Å². The molecule has 0 fully saturated rings. The first-order chi connectivity index (χ1) is 30.7. The lowest BCUT2D eigenvalue weighted by atomic mass is 9.88. The Balaban J connectivity index is 1.43. The summed E-state index contributed by atoms with van der Waals surface area (Å²) in [6.45, 7) is 4.25. The Bertz CT molecular complexity index is 2130. The summed E-state index contributed by atoms with van der Waals surface area (Å²) in [5, 5.41) is 0. The van der Waals surface area contributed by atoms with E-state index in [-0.39, 0.29) is 35.1 Å². The second-order valence-electron chi connectivity index (χ2n) is 13.5. The van der Waals surface area contributed by atoms with Crippen LogP contribution in [0.15, 0.2) is 97.1 Å².